The Morgan fingerprint density at radius 3 is 2.21 bits per heavy atom. The number of amides is 2. The van der Waals surface area contributed by atoms with Crippen LogP contribution in [0.3, 0.4) is 0 Å². The van der Waals surface area contributed by atoms with Crippen LogP contribution in [0, 0.1) is 11.3 Å². The Morgan fingerprint density at radius 1 is 0.953 bits per heavy atom. The van der Waals surface area contributed by atoms with E-state index < -0.39 is 23.0 Å². The quantitative estimate of drug-likeness (QED) is 0.229. The number of nitrogens with one attached hydrogen (secondary N) is 1. The van der Waals surface area contributed by atoms with Gasteiger partial charge in [-0.25, -0.2) is 0 Å². The SMILES string of the molecule is CC(C)[C@@H](NC(=O)[C@@H](C)c1ccc(-n2cc3ccccc3c2O)cc1)C(=O)N1CC[C@](O)(c2ccc(Cl)cc2)C(C)(C)C1. The molecule has 0 spiro atoms. The third-order valence-electron chi connectivity index (χ3n) is 9.08. The highest BCUT2D eigenvalue weighted by molar-refractivity contribution is 6.30. The van der Waals surface area contributed by atoms with Crippen molar-refractivity contribution in [3.05, 3.63) is 95.1 Å². The summed E-state index contributed by atoms with van der Waals surface area (Å²) in [5, 5.41) is 27.8. The molecule has 1 saturated heterocycles. The van der Waals surface area contributed by atoms with E-state index in [1.54, 1.807) is 21.6 Å². The maximum atomic E-state index is 13.8. The first kappa shape index (κ1) is 30.6. The minimum absolute atomic E-state index is 0.128. The molecule has 43 heavy (non-hydrogen) atoms. The number of benzene rings is 3. The number of hydrogen-bond donors (Lipinski definition) is 3. The number of halogens is 1. The van der Waals surface area contributed by atoms with Crippen LogP contribution in [0.1, 0.15) is 58.1 Å². The first-order chi connectivity index (χ1) is 20.3. The average molecular weight is 602 g/mol. The molecule has 3 aromatic carbocycles. The summed E-state index contributed by atoms with van der Waals surface area (Å²) in [6, 6.07) is 21.7. The molecular weight excluding hydrogens is 562 g/mol. The number of nitrogens with zero attached hydrogens (tertiary/aromatic N) is 2. The van der Waals surface area contributed by atoms with Gasteiger partial charge in [-0.05, 0) is 60.7 Å². The average Bonchev–Trinajstić information content (AvgIpc) is 3.33. The Morgan fingerprint density at radius 2 is 1.60 bits per heavy atom. The predicted octanol–water partition coefficient (Wildman–Crippen LogP) is 6.38. The molecule has 1 aliphatic rings. The summed E-state index contributed by atoms with van der Waals surface area (Å²) in [7, 11) is 0. The van der Waals surface area contributed by atoms with Crippen LogP contribution in [0.15, 0.2) is 79.0 Å². The summed E-state index contributed by atoms with van der Waals surface area (Å²) in [5.41, 5.74) is 0.624. The van der Waals surface area contributed by atoms with E-state index in [4.69, 9.17) is 11.6 Å². The lowest BCUT2D eigenvalue weighted by Crippen LogP contribution is -2.60. The van der Waals surface area contributed by atoms with Crippen LogP contribution in [0.5, 0.6) is 5.88 Å². The molecule has 1 fully saturated rings. The van der Waals surface area contributed by atoms with Crippen LogP contribution in [-0.2, 0) is 15.2 Å². The molecule has 7 nitrogen and oxygen atoms in total. The molecule has 1 aromatic heterocycles. The number of hydrogen-bond acceptors (Lipinski definition) is 4. The standard InChI is InChI=1S/C35H40ClN3O4/c1-22(2)30(33(42)38-19-18-35(43,34(4,5)21-38)26-12-14-27(36)15-13-26)37-31(40)23(3)24-10-16-28(17-11-24)39-20-25-8-6-7-9-29(25)32(39)41/h6-17,20,22-23,30,41,43H,18-19,21H2,1-5H3,(H,37,40)/t23-,30+,35-/m0/s1. The minimum atomic E-state index is -1.12. The Labute approximate surface area is 258 Å². The first-order valence-corrected chi connectivity index (χ1v) is 15.2. The van der Waals surface area contributed by atoms with Crippen LogP contribution in [0.25, 0.3) is 16.5 Å². The van der Waals surface area contributed by atoms with E-state index in [1.807, 2.05) is 101 Å². The highest BCUT2D eigenvalue weighted by atomic mass is 35.5. The Kier molecular flexibility index (Phi) is 8.34. The fraction of sp³-hybridized carbons (Fsp3) is 0.371. The van der Waals surface area contributed by atoms with Gasteiger partial charge >= 0.3 is 0 Å². The maximum Gasteiger partial charge on any atom is 0.245 e. The molecule has 3 atom stereocenters. The second kappa shape index (κ2) is 11.7. The summed E-state index contributed by atoms with van der Waals surface area (Å²) in [6.07, 6.45) is 2.26. The number of aliphatic hydroxyl groups is 1. The lowest BCUT2D eigenvalue weighted by Gasteiger charge is -2.51. The van der Waals surface area contributed by atoms with Gasteiger partial charge in [-0.15, -0.1) is 0 Å². The van der Waals surface area contributed by atoms with Gasteiger partial charge in [-0.1, -0.05) is 81.8 Å². The fourth-order valence-electron chi connectivity index (χ4n) is 6.17. The number of rotatable bonds is 7. The van der Waals surface area contributed by atoms with Crippen molar-refractivity contribution in [3.8, 4) is 11.6 Å². The molecule has 2 amide bonds. The topological polar surface area (TPSA) is 94.8 Å². The van der Waals surface area contributed by atoms with E-state index in [1.165, 1.54) is 0 Å². The van der Waals surface area contributed by atoms with Gasteiger partial charge in [-0.3, -0.25) is 14.2 Å². The number of likely N-dealkylation sites (tertiary alicyclic amines) is 1. The van der Waals surface area contributed by atoms with Gasteiger partial charge in [0.15, 0.2) is 0 Å². The van der Waals surface area contributed by atoms with Crippen molar-refractivity contribution in [3.63, 3.8) is 0 Å². The predicted molar refractivity (Wildman–Crippen MR) is 170 cm³/mol. The Bertz CT molecular complexity index is 1630. The summed E-state index contributed by atoms with van der Waals surface area (Å²) in [5.74, 6) is -0.833. The van der Waals surface area contributed by atoms with Crippen molar-refractivity contribution in [1.29, 1.82) is 0 Å². The molecule has 5 rings (SSSR count). The van der Waals surface area contributed by atoms with Crippen molar-refractivity contribution in [2.24, 2.45) is 11.3 Å². The highest BCUT2D eigenvalue weighted by Gasteiger charge is 2.50. The first-order valence-electron chi connectivity index (χ1n) is 14.8. The van der Waals surface area contributed by atoms with Crippen molar-refractivity contribution >= 4 is 34.2 Å². The fourth-order valence-corrected chi connectivity index (χ4v) is 6.30. The molecule has 0 saturated carbocycles. The molecule has 8 heteroatoms. The minimum Gasteiger partial charge on any atom is -0.494 e. The van der Waals surface area contributed by atoms with Crippen molar-refractivity contribution in [2.45, 2.75) is 58.6 Å². The molecule has 3 N–H and O–H groups in total. The molecule has 0 radical (unpaired) electrons. The summed E-state index contributed by atoms with van der Waals surface area (Å²) >= 11 is 6.07. The van der Waals surface area contributed by atoms with Gasteiger partial charge in [0.05, 0.1) is 11.5 Å². The molecule has 1 aliphatic heterocycles. The number of piperidine rings is 1. The van der Waals surface area contributed by atoms with Crippen LogP contribution < -0.4 is 5.32 Å². The smallest absolute Gasteiger partial charge is 0.245 e. The number of aromatic hydroxyl groups is 1. The van der Waals surface area contributed by atoms with Crippen molar-refractivity contribution < 1.29 is 19.8 Å². The van der Waals surface area contributed by atoms with Crippen LogP contribution in [0.2, 0.25) is 5.02 Å². The van der Waals surface area contributed by atoms with Crippen LogP contribution in [-0.4, -0.2) is 50.6 Å². The van der Waals surface area contributed by atoms with E-state index in [2.05, 4.69) is 5.32 Å². The second-order valence-corrected chi connectivity index (χ2v) is 13.2. The number of carbonyl (C=O) groups excluding carboxylic acids is 2. The molecule has 0 bridgehead atoms. The maximum absolute atomic E-state index is 13.8. The van der Waals surface area contributed by atoms with Gasteiger partial charge in [0, 0.05) is 46.2 Å². The zero-order valence-electron chi connectivity index (χ0n) is 25.3. The van der Waals surface area contributed by atoms with Crippen LogP contribution in [0.4, 0.5) is 0 Å². The zero-order chi connectivity index (χ0) is 31.1. The second-order valence-electron chi connectivity index (χ2n) is 12.7. The summed E-state index contributed by atoms with van der Waals surface area (Å²) in [6.45, 7) is 10.3. The third-order valence-corrected chi connectivity index (χ3v) is 9.33. The van der Waals surface area contributed by atoms with Gasteiger partial charge in [0.1, 0.15) is 6.04 Å². The van der Waals surface area contributed by atoms with Gasteiger partial charge in [0.25, 0.3) is 0 Å². The molecule has 0 unspecified atom stereocenters. The number of carbonyl (C=O) groups is 2. The van der Waals surface area contributed by atoms with E-state index in [9.17, 15) is 19.8 Å². The van der Waals surface area contributed by atoms with Gasteiger partial charge < -0.3 is 20.4 Å². The van der Waals surface area contributed by atoms with Gasteiger partial charge in [0.2, 0.25) is 17.7 Å². The normalized spacial score (nSPS) is 19.8. The van der Waals surface area contributed by atoms with E-state index in [-0.39, 0.29) is 23.6 Å². The largest absolute Gasteiger partial charge is 0.494 e. The number of fused-ring (bicyclic) bond motifs is 1. The Balaban J connectivity index is 1.27. The van der Waals surface area contributed by atoms with Crippen molar-refractivity contribution in [2.75, 3.05) is 13.1 Å². The lowest BCUT2D eigenvalue weighted by atomic mass is 9.66. The Hall–Kier alpha value is -3.81. The van der Waals surface area contributed by atoms with E-state index in [0.717, 1.165) is 27.6 Å². The molecular formula is C35H40ClN3O4. The monoisotopic (exact) mass is 601 g/mol. The summed E-state index contributed by atoms with van der Waals surface area (Å²) < 4.78 is 1.72. The molecule has 2 heterocycles. The zero-order valence-corrected chi connectivity index (χ0v) is 26.1. The van der Waals surface area contributed by atoms with Crippen LogP contribution >= 0.6 is 11.6 Å². The molecule has 0 aliphatic carbocycles. The molecule has 226 valence electrons. The highest BCUT2D eigenvalue weighted by Crippen LogP contribution is 2.46. The van der Waals surface area contributed by atoms with E-state index in [0.29, 0.717) is 24.5 Å². The van der Waals surface area contributed by atoms with Gasteiger partial charge in [-0.2, -0.15) is 0 Å². The third kappa shape index (κ3) is 5.76. The molecule has 4 aromatic rings. The van der Waals surface area contributed by atoms with E-state index >= 15 is 0 Å². The number of aromatic nitrogens is 1. The summed E-state index contributed by atoms with van der Waals surface area (Å²) in [4.78, 5) is 29.0. The van der Waals surface area contributed by atoms with Crippen molar-refractivity contribution in [1.82, 2.24) is 14.8 Å². The lowest BCUT2D eigenvalue weighted by molar-refractivity contribution is -0.156.